The number of H-pyrrole nitrogens is 1. The second kappa shape index (κ2) is 4.62. The Morgan fingerprint density at radius 1 is 1.29 bits per heavy atom. The van der Waals surface area contributed by atoms with Gasteiger partial charge in [-0.3, -0.25) is 5.10 Å². The Morgan fingerprint density at radius 2 is 2.29 bits per heavy atom. The molecule has 2 aromatic heterocycles. The molecule has 2 N–H and O–H groups in total. The minimum absolute atomic E-state index is 0.168. The average molecular weight is 234 g/mol. The van der Waals surface area contributed by atoms with Crippen molar-refractivity contribution < 1.29 is 4.52 Å². The zero-order valence-corrected chi connectivity index (χ0v) is 9.39. The number of aromatic amines is 1. The summed E-state index contributed by atoms with van der Waals surface area (Å²) in [6, 6.07) is 0.168. The van der Waals surface area contributed by atoms with Crippen LogP contribution in [0.1, 0.15) is 37.6 Å². The Morgan fingerprint density at radius 3 is 3.18 bits per heavy atom. The van der Waals surface area contributed by atoms with Gasteiger partial charge < -0.3 is 9.84 Å². The molecule has 0 spiro atoms. The summed E-state index contributed by atoms with van der Waals surface area (Å²) in [5.41, 5.74) is 0. The van der Waals surface area contributed by atoms with Crippen LogP contribution in [0.4, 0.5) is 0 Å². The van der Waals surface area contributed by atoms with Gasteiger partial charge in [0.25, 0.3) is 0 Å². The molecule has 2 aromatic rings. The Kier molecular flexibility index (Phi) is 2.83. The lowest BCUT2D eigenvalue weighted by Gasteiger charge is -2.09. The van der Waals surface area contributed by atoms with Crippen molar-refractivity contribution in [3.8, 4) is 11.6 Å². The van der Waals surface area contributed by atoms with Crippen molar-refractivity contribution in [2.45, 2.75) is 31.7 Å². The molecule has 3 heterocycles. The van der Waals surface area contributed by atoms with Gasteiger partial charge in [-0.2, -0.15) is 10.1 Å². The fourth-order valence-corrected chi connectivity index (χ4v) is 2.03. The molecule has 90 valence electrons. The molecule has 0 radical (unpaired) electrons. The predicted octanol–water partition coefficient (Wildman–Crippen LogP) is 1.06. The van der Waals surface area contributed by atoms with Gasteiger partial charge in [0.2, 0.25) is 11.7 Å². The number of aromatic nitrogens is 5. The third-order valence-electron chi connectivity index (χ3n) is 2.93. The Hall–Kier alpha value is -1.76. The van der Waals surface area contributed by atoms with E-state index in [0.29, 0.717) is 17.5 Å². The maximum Gasteiger partial charge on any atom is 0.244 e. The van der Waals surface area contributed by atoms with E-state index in [0.717, 1.165) is 13.0 Å². The van der Waals surface area contributed by atoms with Gasteiger partial charge in [-0.25, -0.2) is 4.98 Å². The number of rotatable bonds is 2. The van der Waals surface area contributed by atoms with E-state index < -0.39 is 0 Å². The van der Waals surface area contributed by atoms with Gasteiger partial charge in [-0.1, -0.05) is 18.0 Å². The molecule has 1 aliphatic rings. The molecule has 1 saturated heterocycles. The van der Waals surface area contributed by atoms with E-state index in [1.54, 1.807) is 0 Å². The molecule has 7 heteroatoms. The molecule has 1 atom stereocenters. The summed E-state index contributed by atoms with van der Waals surface area (Å²) in [5.74, 6) is 1.63. The highest BCUT2D eigenvalue weighted by Crippen LogP contribution is 2.22. The zero-order valence-electron chi connectivity index (χ0n) is 9.39. The lowest BCUT2D eigenvalue weighted by molar-refractivity contribution is 0.327. The molecule has 1 unspecified atom stereocenters. The van der Waals surface area contributed by atoms with Crippen molar-refractivity contribution in [1.82, 2.24) is 30.6 Å². The van der Waals surface area contributed by atoms with Gasteiger partial charge >= 0.3 is 0 Å². The van der Waals surface area contributed by atoms with Crippen molar-refractivity contribution in [2.24, 2.45) is 0 Å². The molecule has 1 aliphatic heterocycles. The summed E-state index contributed by atoms with van der Waals surface area (Å²) in [7, 11) is 0. The van der Waals surface area contributed by atoms with Crippen LogP contribution in [0, 0.1) is 0 Å². The molecule has 3 rings (SSSR count). The summed E-state index contributed by atoms with van der Waals surface area (Å²) in [5, 5.41) is 13.8. The summed E-state index contributed by atoms with van der Waals surface area (Å²) < 4.78 is 5.27. The van der Waals surface area contributed by atoms with Crippen molar-refractivity contribution in [3.05, 3.63) is 12.2 Å². The van der Waals surface area contributed by atoms with E-state index in [1.165, 1.54) is 25.6 Å². The Balaban J connectivity index is 1.79. The van der Waals surface area contributed by atoms with E-state index in [1.807, 2.05) is 0 Å². The standard InChI is InChI=1S/C10H14N6O/c1-2-4-7(11-5-3-1)10-14-9(16-17-10)8-12-6-13-15-8/h6-7,11H,1-5H2,(H,12,13,15). The molecule has 17 heavy (non-hydrogen) atoms. The van der Waals surface area contributed by atoms with Gasteiger partial charge in [0.15, 0.2) is 5.82 Å². The van der Waals surface area contributed by atoms with Crippen LogP contribution in [-0.2, 0) is 0 Å². The molecule has 1 fully saturated rings. The third kappa shape index (κ3) is 2.19. The van der Waals surface area contributed by atoms with Crippen molar-refractivity contribution in [3.63, 3.8) is 0 Å². The summed E-state index contributed by atoms with van der Waals surface area (Å²) in [6.45, 7) is 1.00. The number of hydrogen-bond acceptors (Lipinski definition) is 6. The summed E-state index contributed by atoms with van der Waals surface area (Å²) in [4.78, 5) is 8.34. The lowest BCUT2D eigenvalue weighted by Crippen LogP contribution is -2.20. The smallest absolute Gasteiger partial charge is 0.244 e. The van der Waals surface area contributed by atoms with Crippen LogP contribution in [0.3, 0.4) is 0 Å². The predicted molar refractivity (Wildman–Crippen MR) is 58.9 cm³/mol. The number of nitrogens with one attached hydrogen (secondary N) is 2. The molecule has 0 aromatic carbocycles. The first-order chi connectivity index (χ1) is 8.43. The second-order valence-corrected chi connectivity index (χ2v) is 4.15. The maximum absolute atomic E-state index is 5.27. The third-order valence-corrected chi connectivity index (χ3v) is 2.93. The molecule has 7 nitrogen and oxygen atoms in total. The monoisotopic (exact) mass is 234 g/mol. The minimum atomic E-state index is 0.168. The quantitative estimate of drug-likeness (QED) is 0.807. The van der Waals surface area contributed by atoms with E-state index >= 15 is 0 Å². The normalized spacial score (nSPS) is 21.3. The van der Waals surface area contributed by atoms with Gasteiger partial charge in [-0.15, -0.1) is 0 Å². The molecule has 0 aliphatic carbocycles. The average Bonchev–Trinajstić information content (AvgIpc) is 2.95. The van der Waals surface area contributed by atoms with Crippen LogP contribution >= 0.6 is 0 Å². The van der Waals surface area contributed by atoms with Crippen LogP contribution < -0.4 is 5.32 Å². The Labute approximate surface area is 98.0 Å². The van der Waals surface area contributed by atoms with Crippen LogP contribution in [-0.4, -0.2) is 31.9 Å². The number of hydrogen-bond donors (Lipinski definition) is 2. The SMILES string of the molecule is c1n[nH]c(-c2noc(C3CCCCCN3)n2)n1. The van der Waals surface area contributed by atoms with Crippen molar-refractivity contribution >= 4 is 0 Å². The molecule has 0 saturated carbocycles. The van der Waals surface area contributed by atoms with Gasteiger partial charge in [0.1, 0.15) is 6.33 Å². The van der Waals surface area contributed by atoms with E-state index in [9.17, 15) is 0 Å². The van der Waals surface area contributed by atoms with Crippen molar-refractivity contribution in [1.29, 1.82) is 0 Å². The van der Waals surface area contributed by atoms with Gasteiger partial charge in [-0.05, 0) is 19.4 Å². The van der Waals surface area contributed by atoms with Crippen LogP contribution in [0.5, 0.6) is 0 Å². The highest BCUT2D eigenvalue weighted by Gasteiger charge is 2.21. The molecular formula is C10H14N6O. The minimum Gasteiger partial charge on any atom is -0.337 e. The second-order valence-electron chi connectivity index (χ2n) is 4.15. The highest BCUT2D eigenvalue weighted by atomic mass is 16.5. The van der Waals surface area contributed by atoms with Crippen LogP contribution in [0.2, 0.25) is 0 Å². The first kappa shape index (κ1) is 10.4. The van der Waals surface area contributed by atoms with Gasteiger partial charge in [0.05, 0.1) is 6.04 Å². The fraction of sp³-hybridized carbons (Fsp3) is 0.600. The van der Waals surface area contributed by atoms with E-state index in [-0.39, 0.29) is 6.04 Å². The first-order valence-electron chi connectivity index (χ1n) is 5.86. The fourth-order valence-electron chi connectivity index (χ4n) is 2.03. The maximum atomic E-state index is 5.27. The topological polar surface area (TPSA) is 92.5 Å². The Bertz CT molecular complexity index is 457. The first-order valence-corrected chi connectivity index (χ1v) is 5.86. The molecule has 0 bridgehead atoms. The summed E-state index contributed by atoms with van der Waals surface area (Å²) >= 11 is 0. The summed E-state index contributed by atoms with van der Waals surface area (Å²) in [6.07, 6.45) is 6.12. The van der Waals surface area contributed by atoms with E-state index in [4.69, 9.17) is 4.52 Å². The van der Waals surface area contributed by atoms with Crippen molar-refractivity contribution in [2.75, 3.05) is 6.54 Å². The number of nitrogens with zero attached hydrogens (tertiary/aromatic N) is 4. The molecular weight excluding hydrogens is 220 g/mol. The van der Waals surface area contributed by atoms with E-state index in [2.05, 4.69) is 30.6 Å². The van der Waals surface area contributed by atoms with Gasteiger partial charge in [0, 0.05) is 0 Å². The van der Waals surface area contributed by atoms with Crippen LogP contribution in [0.15, 0.2) is 10.9 Å². The van der Waals surface area contributed by atoms with Crippen LogP contribution in [0.25, 0.3) is 11.6 Å². The largest absolute Gasteiger partial charge is 0.337 e. The zero-order chi connectivity index (χ0) is 11.5. The highest BCUT2D eigenvalue weighted by molar-refractivity contribution is 5.39. The lowest BCUT2D eigenvalue weighted by atomic mass is 10.1. The molecule has 0 amide bonds.